The molecule has 0 atom stereocenters. The van der Waals surface area contributed by atoms with Crippen LogP contribution in [0.4, 0.5) is 0 Å². The third-order valence-corrected chi connectivity index (χ3v) is 2.98. The Balaban J connectivity index is 0. The average Bonchev–Trinajstić information content (AvgIpc) is 2.16. The first-order valence-electron chi connectivity index (χ1n) is 3.41. The van der Waals surface area contributed by atoms with Gasteiger partial charge in [0.2, 0.25) is 0 Å². The van der Waals surface area contributed by atoms with Gasteiger partial charge in [0.1, 0.15) is 9.84 Å². The first kappa shape index (κ1) is 14.4. The summed E-state index contributed by atoms with van der Waals surface area (Å²) in [7, 11) is -2.55. The zero-order chi connectivity index (χ0) is 8.04. The summed E-state index contributed by atoms with van der Waals surface area (Å²) in [5, 5.41) is 8.93. The van der Waals surface area contributed by atoms with E-state index in [4.69, 9.17) is 5.11 Å². The number of hydrogen-bond donors (Lipinski definition) is 0. The van der Waals surface area contributed by atoms with Crippen molar-refractivity contribution in [3.8, 4) is 0 Å². The fourth-order valence-electron chi connectivity index (χ4n) is 0.746. The molecule has 0 aromatic heterocycles. The van der Waals surface area contributed by atoms with Crippen LogP contribution in [0.1, 0.15) is 19.8 Å². The van der Waals surface area contributed by atoms with Crippen molar-refractivity contribution in [2.24, 2.45) is 0 Å². The van der Waals surface area contributed by atoms with Crippen molar-refractivity contribution in [2.75, 3.05) is 18.1 Å². The van der Waals surface area contributed by atoms with Gasteiger partial charge in [0, 0.05) is 0 Å². The Morgan fingerprint density at radius 2 is 1.55 bits per heavy atom. The Bertz CT molecular complexity index is 153. The molecule has 62 valence electrons. The van der Waals surface area contributed by atoms with Gasteiger partial charge >= 0.3 is 29.6 Å². The minimum atomic E-state index is -2.55. The van der Waals surface area contributed by atoms with Crippen LogP contribution in [-0.4, -0.2) is 26.5 Å². The Kier molecular flexibility index (Phi) is 9.91. The molecule has 5 heteroatoms. The quantitative estimate of drug-likeness (QED) is 0.372. The van der Waals surface area contributed by atoms with E-state index in [1.165, 1.54) is 0 Å². The Morgan fingerprint density at radius 3 is 1.64 bits per heavy atom. The Hall–Kier alpha value is 0.910. The van der Waals surface area contributed by atoms with Gasteiger partial charge in [0.15, 0.2) is 0 Å². The maximum atomic E-state index is 10.4. The van der Waals surface area contributed by atoms with Crippen LogP contribution in [0.2, 0.25) is 0 Å². The van der Waals surface area contributed by atoms with Gasteiger partial charge in [-0.25, -0.2) is 8.42 Å². The maximum absolute atomic E-state index is 10.4. The SMILES string of the molecule is CC[O-].O=S1(=O)CCCC1.[Na+]. The third-order valence-electron chi connectivity index (χ3n) is 1.16. The van der Waals surface area contributed by atoms with E-state index in [0.29, 0.717) is 11.5 Å². The summed E-state index contributed by atoms with van der Waals surface area (Å²) >= 11 is 0. The molecule has 11 heavy (non-hydrogen) atoms. The molecule has 0 unspecified atom stereocenters. The molecule has 0 aliphatic carbocycles. The Morgan fingerprint density at radius 1 is 1.27 bits per heavy atom. The van der Waals surface area contributed by atoms with E-state index in [2.05, 4.69) is 0 Å². The molecule has 0 bridgehead atoms. The van der Waals surface area contributed by atoms with Crippen LogP contribution >= 0.6 is 0 Å². The van der Waals surface area contributed by atoms with Crippen molar-refractivity contribution >= 4 is 9.84 Å². The van der Waals surface area contributed by atoms with Crippen molar-refractivity contribution in [1.82, 2.24) is 0 Å². The molecule has 1 aliphatic rings. The summed E-state index contributed by atoms with van der Waals surface area (Å²) in [5.74, 6) is 0.847. The molecule has 0 radical (unpaired) electrons. The topological polar surface area (TPSA) is 57.2 Å². The molecule has 1 aliphatic heterocycles. The first-order chi connectivity index (χ1) is 4.62. The minimum Gasteiger partial charge on any atom is -0.855 e. The van der Waals surface area contributed by atoms with Crippen LogP contribution in [0.15, 0.2) is 0 Å². The second kappa shape index (κ2) is 7.55. The standard InChI is InChI=1S/C4H8O2S.C2H5O.Na/c5-7(6)3-1-2-4-7;1-2-3;/h1-4H2;2H2,1H3;/q;-1;+1. The normalized spacial score (nSPS) is 19.5. The van der Waals surface area contributed by atoms with Crippen LogP contribution in [0.3, 0.4) is 0 Å². The zero-order valence-corrected chi connectivity index (χ0v) is 9.99. The van der Waals surface area contributed by atoms with Crippen LogP contribution in [0.5, 0.6) is 0 Å². The molecule has 1 rings (SSSR count). The molecular weight excluding hydrogens is 175 g/mol. The van der Waals surface area contributed by atoms with Gasteiger partial charge in [-0.1, -0.05) is 6.92 Å². The number of rotatable bonds is 0. The number of hydrogen-bond acceptors (Lipinski definition) is 3. The van der Waals surface area contributed by atoms with Crippen LogP contribution in [-0.2, 0) is 9.84 Å². The zero-order valence-electron chi connectivity index (χ0n) is 7.17. The van der Waals surface area contributed by atoms with Crippen molar-refractivity contribution in [3.05, 3.63) is 0 Å². The summed E-state index contributed by atoms with van der Waals surface area (Å²) < 4.78 is 20.9. The molecular formula is C6H13NaO3S. The molecule has 1 heterocycles. The smallest absolute Gasteiger partial charge is 0.855 e. The molecule has 0 saturated carbocycles. The van der Waals surface area contributed by atoms with E-state index < -0.39 is 9.84 Å². The van der Waals surface area contributed by atoms with Crippen molar-refractivity contribution in [1.29, 1.82) is 0 Å². The summed E-state index contributed by atoms with van der Waals surface area (Å²) in [6.45, 7) is 1.57. The van der Waals surface area contributed by atoms with Crippen molar-refractivity contribution in [3.63, 3.8) is 0 Å². The van der Waals surface area contributed by atoms with Crippen molar-refractivity contribution in [2.45, 2.75) is 19.8 Å². The number of sulfone groups is 1. The summed E-state index contributed by atoms with van der Waals surface area (Å²) in [6.07, 6.45) is 1.75. The van der Waals surface area contributed by atoms with Gasteiger partial charge in [-0.15, -0.1) is 6.61 Å². The van der Waals surface area contributed by atoms with Crippen molar-refractivity contribution < 1.29 is 43.1 Å². The molecule has 1 saturated heterocycles. The monoisotopic (exact) mass is 188 g/mol. The molecule has 0 aromatic rings. The van der Waals surface area contributed by atoms with E-state index in [9.17, 15) is 8.42 Å². The van der Waals surface area contributed by atoms with Gasteiger partial charge in [-0.2, -0.15) is 0 Å². The van der Waals surface area contributed by atoms with Gasteiger partial charge in [0.05, 0.1) is 11.5 Å². The van der Waals surface area contributed by atoms with Gasteiger partial charge < -0.3 is 5.11 Å². The van der Waals surface area contributed by atoms with Crippen LogP contribution in [0.25, 0.3) is 0 Å². The largest absolute Gasteiger partial charge is 1.00 e. The molecule has 0 N–H and O–H groups in total. The minimum absolute atomic E-state index is 0. The molecule has 0 aromatic carbocycles. The first-order valence-corrected chi connectivity index (χ1v) is 5.23. The second-order valence-electron chi connectivity index (χ2n) is 2.15. The Labute approximate surface area is 90.4 Å². The van der Waals surface area contributed by atoms with E-state index in [-0.39, 0.29) is 36.2 Å². The maximum Gasteiger partial charge on any atom is 1.00 e. The van der Waals surface area contributed by atoms with E-state index in [0.717, 1.165) is 12.8 Å². The van der Waals surface area contributed by atoms with Gasteiger partial charge in [-0.05, 0) is 12.8 Å². The fourth-order valence-corrected chi connectivity index (χ4v) is 2.24. The predicted molar refractivity (Wildman–Crippen MR) is 38.4 cm³/mol. The molecule has 1 fully saturated rings. The summed E-state index contributed by atoms with van der Waals surface area (Å²) in [4.78, 5) is 0. The van der Waals surface area contributed by atoms with E-state index >= 15 is 0 Å². The average molecular weight is 188 g/mol. The molecule has 3 nitrogen and oxygen atoms in total. The predicted octanol–water partition coefficient (Wildman–Crippen LogP) is -3.43. The van der Waals surface area contributed by atoms with E-state index in [1.54, 1.807) is 6.92 Å². The molecule has 0 amide bonds. The van der Waals surface area contributed by atoms with Gasteiger partial charge in [-0.3, -0.25) is 0 Å². The van der Waals surface area contributed by atoms with Crippen LogP contribution in [0, 0.1) is 0 Å². The third kappa shape index (κ3) is 8.82. The summed E-state index contributed by atoms with van der Waals surface area (Å²) in [6, 6.07) is 0. The van der Waals surface area contributed by atoms with Crippen LogP contribution < -0.4 is 34.7 Å². The molecule has 0 spiro atoms. The summed E-state index contributed by atoms with van der Waals surface area (Å²) in [5.41, 5.74) is 0. The fraction of sp³-hybridized carbons (Fsp3) is 1.00. The second-order valence-corrected chi connectivity index (χ2v) is 4.45. The van der Waals surface area contributed by atoms with Gasteiger partial charge in [0.25, 0.3) is 0 Å². The van der Waals surface area contributed by atoms with E-state index in [1.807, 2.05) is 0 Å².